The van der Waals surface area contributed by atoms with E-state index < -0.39 is 5.72 Å². The average molecular weight is 306 g/mol. The van der Waals surface area contributed by atoms with Gasteiger partial charge in [-0.25, -0.2) is 0 Å². The third-order valence-corrected chi connectivity index (χ3v) is 3.60. The molecule has 1 aliphatic rings. The van der Waals surface area contributed by atoms with E-state index >= 15 is 0 Å². The zero-order valence-corrected chi connectivity index (χ0v) is 12.3. The summed E-state index contributed by atoms with van der Waals surface area (Å²) in [6.07, 6.45) is 2.58. The molecule has 1 heterocycles. The van der Waals surface area contributed by atoms with Crippen molar-refractivity contribution in [1.29, 1.82) is 0 Å². The van der Waals surface area contributed by atoms with Crippen molar-refractivity contribution in [1.82, 2.24) is 0 Å². The van der Waals surface area contributed by atoms with Gasteiger partial charge >= 0.3 is 0 Å². The third-order valence-electron chi connectivity index (χ3n) is 3.60. The van der Waals surface area contributed by atoms with Gasteiger partial charge in [-0.1, -0.05) is 60.7 Å². The van der Waals surface area contributed by atoms with Crippen LogP contribution in [0.3, 0.4) is 0 Å². The summed E-state index contributed by atoms with van der Waals surface area (Å²) in [6.45, 7) is 0. The standard InChI is InChI=1S/C17H17NO.Mn/c19-17(15-10-5-2-6-11-15)13-7-12-16(18-17)14-8-3-1-4-9-14;/h1-6,8-11,19H,7,12-13H2;. The van der Waals surface area contributed by atoms with Crippen LogP contribution in [0.25, 0.3) is 0 Å². The van der Waals surface area contributed by atoms with Gasteiger partial charge in [-0.15, -0.1) is 0 Å². The molecule has 0 fully saturated rings. The first-order chi connectivity index (χ1) is 9.28. The summed E-state index contributed by atoms with van der Waals surface area (Å²) >= 11 is 0. The number of hydrogen-bond donors (Lipinski definition) is 1. The van der Waals surface area contributed by atoms with E-state index in [0.717, 1.165) is 29.7 Å². The van der Waals surface area contributed by atoms with Gasteiger partial charge in [0.05, 0.1) is 0 Å². The van der Waals surface area contributed by atoms with Crippen molar-refractivity contribution in [2.45, 2.75) is 25.0 Å². The molecule has 3 heteroatoms. The van der Waals surface area contributed by atoms with E-state index in [1.807, 2.05) is 48.5 Å². The Kier molecular flexibility index (Phi) is 4.77. The predicted molar refractivity (Wildman–Crippen MR) is 77.2 cm³/mol. The van der Waals surface area contributed by atoms with E-state index in [9.17, 15) is 5.11 Å². The number of aliphatic hydroxyl groups is 1. The molecule has 0 amide bonds. The Labute approximate surface area is 130 Å². The molecular weight excluding hydrogens is 289 g/mol. The zero-order chi connectivity index (χ0) is 13.1. The van der Waals surface area contributed by atoms with Gasteiger partial charge in [0.2, 0.25) is 0 Å². The van der Waals surface area contributed by atoms with Gasteiger partial charge in [0.25, 0.3) is 0 Å². The van der Waals surface area contributed by atoms with Crippen molar-refractivity contribution in [3.05, 3.63) is 71.8 Å². The van der Waals surface area contributed by atoms with Crippen molar-refractivity contribution in [2.24, 2.45) is 4.99 Å². The van der Waals surface area contributed by atoms with Gasteiger partial charge in [0.15, 0.2) is 5.72 Å². The second-order valence-electron chi connectivity index (χ2n) is 4.96. The van der Waals surface area contributed by atoms with Gasteiger partial charge in [0.1, 0.15) is 0 Å². The fraction of sp³-hybridized carbons (Fsp3) is 0.235. The maximum atomic E-state index is 10.8. The molecule has 2 nitrogen and oxygen atoms in total. The van der Waals surface area contributed by atoms with Crippen LogP contribution in [0.5, 0.6) is 0 Å². The Morgan fingerprint density at radius 3 is 2.15 bits per heavy atom. The molecule has 103 valence electrons. The zero-order valence-electron chi connectivity index (χ0n) is 11.2. The molecule has 0 spiro atoms. The molecule has 1 unspecified atom stereocenters. The van der Waals surface area contributed by atoms with Gasteiger partial charge in [-0.2, -0.15) is 0 Å². The molecule has 0 saturated carbocycles. The van der Waals surface area contributed by atoms with Gasteiger partial charge < -0.3 is 5.11 Å². The second-order valence-corrected chi connectivity index (χ2v) is 4.96. The Hall–Kier alpha value is -1.41. The van der Waals surface area contributed by atoms with Gasteiger partial charge in [-0.3, -0.25) is 4.99 Å². The number of aliphatic imine (C=N–C) groups is 1. The molecular formula is C17H17MnNO. The topological polar surface area (TPSA) is 32.6 Å². The minimum atomic E-state index is -1.06. The largest absolute Gasteiger partial charge is 0.365 e. The van der Waals surface area contributed by atoms with Crippen molar-refractivity contribution in [3.63, 3.8) is 0 Å². The van der Waals surface area contributed by atoms with Gasteiger partial charge in [-0.05, 0) is 18.4 Å². The summed E-state index contributed by atoms with van der Waals surface area (Å²) in [4.78, 5) is 4.63. The van der Waals surface area contributed by atoms with E-state index in [2.05, 4.69) is 17.1 Å². The first kappa shape index (κ1) is 15.0. The van der Waals surface area contributed by atoms with Crippen LogP contribution < -0.4 is 0 Å². The first-order valence-corrected chi connectivity index (χ1v) is 6.70. The van der Waals surface area contributed by atoms with E-state index in [1.54, 1.807) is 0 Å². The van der Waals surface area contributed by atoms with Crippen LogP contribution in [0.15, 0.2) is 65.7 Å². The summed E-state index contributed by atoms with van der Waals surface area (Å²) in [6, 6.07) is 19.8. The third kappa shape index (κ3) is 3.01. The summed E-state index contributed by atoms with van der Waals surface area (Å²) in [7, 11) is 0. The van der Waals surface area contributed by atoms with Crippen LogP contribution in [0.4, 0.5) is 0 Å². The van der Waals surface area contributed by atoms with Crippen molar-refractivity contribution in [2.75, 3.05) is 0 Å². The monoisotopic (exact) mass is 306 g/mol. The summed E-state index contributed by atoms with van der Waals surface area (Å²) < 4.78 is 0. The predicted octanol–water partition coefficient (Wildman–Crippen LogP) is 3.50. The number of benzene rings is 2. The molecule has 0 saturated heterocycles. The number of hydrogen-bond acceptors (Lipinski definition) is 2. The molecule has 1 aliphatic heterocycles. The molecule has 20 heavy (non-hydrogen) atoms. The Morgan fingerprint density at radius 1 is 0.900 bits per heavy atom. The van der Waals surface area contributed by atoms with Crippen LogP contribution >= 0.6 is 0 Å². The molecule has 3 rings (SSSR count). The maximum Gasteiger partial charge on any atom is 0.182 e. The van der Waals surface area contributed by atoms with Crippen LogP contribution in [0, 0.1) is 0 Å². The first-order valence-electron chi connectivity index (χ1n) is 6.70. The fourth-order valence-electron chi connectivity index (χ4n) is 2.59. The quantitative estimate of drug-likeness (QED) is 0.846. The van der Waals surface area contributed by atoms with Crippen molar-refractivity contribution < 1.29 is 22.2 Å². The Bertz CT molecular complexity index is 582. The van der Waals surface area contributed by atoms with E-state index in [0.29, 0.717) is 6.42 Å². The number of rotatable bonds is 2. The molecule has 1 N–H and O–H groups in total. The minimum absolute atomic E-state index is 0. The van der Waals surface area contributed by atoms with Crippen molar-refractivity contribution in [3.8, 4) is 0 Å². The summed E-state index contributed by atoms with van der Waals surface area (Å²) in [5, 5.41) is 10.8. The SMILES string of the molecule is OC1(c2ccccc2)CCCC(c2ccccc2)=N1.[Mn]. The van der Waals surface area contributed by atoms with E-state index in [-0.39, 0.29) is 17.1 Å². The van der Waals surface area contributed by atoms with Crippen LogP contribution in [0.2, 0.25) is 0 Å². The number of nitrogens with zero attached hydrogens (tertiary/aromatic N) is 1. The maximum absolute atomic E-state index is 10.8. The van der Waals surface area contributed by atoms with Crippen molar-refractivity contribution >= 4 is 5.71 Å². The molecule has 0 bridgehead atoms. The van der Waals surface area contributed by atoms with Gasteiger partial charge in [0, 0.05) is 34.8 Å². The molecule has 0 aromatic heterocycles. The summed E-state index contributed by atoms with van der Waals surface area (Å²) in [5.74, 6) is 0. The molecule has 2 aromatic rings. The van der Waals surface area contributed by atoms with E-state index in [1.165, 1.54) is 0 Å². The normalized spacial score (nSPS) is 21.8. The Morgan fingerprint density at radius 2 is 1.50 bits per heavy atom. The van der Waals surface area contributed by atoms with Crippen LogP contribution in [0.1, 0.15) is 30.4 Å². The molecule has 2 aromatic carbocycles. The minimum Gasteiger partial charge on any atom is -0.365 e. The van der Waals surface area contributed by atoms with Crippen LogP contribution in [-0.4, -0.2) is 10.8 Å². The summed E-state index contributed by atoms with van der Waals surface area (Å²) in [5.41, 5.74) is 1.92. The molecule has 1 radical (unpaired) electrons. The Balaban J connectivity index is 0.00000147. The average Bonchev–Trinajstić information content (AvgIpc) is 2.49. The smallest absolute Gasteiger partial charge is 0.182 e. The van der Waals surface area contributed by atoms with Crippen LogP contribution in [-0.2, 0) is 22.8 Å². The second kappa shape index (κ2) is 6.36. The van der Waals surface area contributed by atoms with E-state index in [4.69, 9.17) is 0 Å². The molecule has 1 atom stereocenters. The molecule has 0 aliphatic carbocycles. The fourth-order valence-corrected chi connectivity index (χ4v) is 2.59.